The Morgan fingerprint density at radius 1 is 0.878 bits per heavy atom. The molecule has 1 aliphatic rings. The van der Waals surface area contributed by atoms with E-state index in [9.17, 15) is 19.2 Å². The summed E-state index contributed by atoms with van der Waals surface area (Å²) >= 11 is 7.16. The number of amides is 4. The predicted octanol–water partition coefficient (Wildman–Crippen LogP) is 5.93. The monoisotopic (exact) mass is 585 g/mol. The second kappa shape index (κ2) is 12.7. The lowest BCUT2D eigenvalue weighted by atomic mass is 10.2. The zero-order valence-corrected chi connectivity index (χ0v) is 23.2. The fourth-order valence-electron chi connectivity index (χ4n) is 4.14. The van der Waals surface area contributed by atoms with Gasteiger partial charge in [-0.1, -0.05) is 35.9 Å². The van der Waals surface area contributed by atoms with Crippen LogP contribution in [0.1, 0.15) is 16.8 Å². The third kappa shape index (κ3) is 7.13. The van der Waals surface area contributed by atoms with E-state index in [1.54, 1.807) is 103 Å². The average molecular weight is 586 g/mol. The first-order valence-electron chi connectivity index (χ1n) is 12.7. The van der Waals surface area contributed by atoms with Crippen LogP contribution in [0.5, 0.6) is 11.5 Å². The minimum absolute atomic E-state index is 0.0502. The SMILES string of the molecule is O=C(CNC(=O)c1ccccc1)Nc1cccc(SC2CC(=O)N(c3ccc(Oc4ccc(Cl)cc4)cc3)C2=O)c1. The summed E-state index contributed by atoms with van der Waals surface area (Å²) in [5.74, 6) is -0.176. The molecule has 4 aromatic rings. The van der Waals surface area contributed by atoms with Crippen LogP contribution >= 0.6 is 23.4 Å². The van der Waals surface area contributed by atoms with Gasteiger partial charge in [0.25, 0.3) is 5.91 Å². The molecule has 41 heavy (non-hydrogen) atoms. The van der Waals surface area contributed by atoms with E-state index in [-0.39, 0.29) is 30.7 Å². The van der Waals surface area contributed by atoms with Crippen molar-refractivity contribution in [2.24, 2.45) is 0 Å². The van der Waals surface area contributed by atoms with Crippen molar-refractivity contribution in [3.05, 3.63) is 114 Å². The van der Waals surface area contributed by atoms with E-state index in [0.29, 0.717) is 33.5 Å². The maximum absolute atomic E-state index is 13.2. The number of nitrogens with zero attached hydrogens (tertiary/aromatic N) is 1. The van der Waals surface area contributed by atoms with Crippen LogP contribution in [-0.2, 0) is 14.4 Å². The lowest BCUT2D eigenvalue weighted by Gasteiger charge is -2.16. The van der Waals surface area contributed by atoms with Gasteiger partial charge in [-0.05, 0) is 78.9 Å². The predicted molar refractivity (Wildman–Crippen MR) is 159 cm³/mol. The third-order valence-corrected chi connectivity index (χ3v) is 7.52. The molecule has 0 spiro atoms. The molecular formula is C31H24ClN3O5S. The molecule has 1 saturated heterocycles. The maximum Gasteiger partial charge on any atom is 0.251 e. The van der Waals surface area contributed by atoms with Crippen LogP contribution in [0.15, 0.2) is 108 Å². The van der Waals surface area contributed by atoms with Crippen molar-refractivity contribution in [1.29, 1.82) is 0 Å². The average Bonchev–Trinajstić information content (AvgIpc) is 3.26. The Hall–Kier alpha value is -4.60. The van der Waals surface area contributed by atoms with Gasteiger partial charge in [0, 0.05) is 27.6 Å². The first kappa shape index (κ1) is 27.9. The Balaban J connectivity index is 1.16. The van der Waals surface area contributed by atoms with Gasteiger partial charge in [-0.2, -0.15) is 0 Å². The maximum atomic E-state index is 13.2. The highest BCUT2D eigenvalue weighted by Crippen LogP contribution is 2.35. The summed E-state index contributed by atoms with van der Waals surface area (Å²) in [5.41, 5.74) is 1.44. The van der Waals surface area contributed by atoms with Gasteiger partial charge in [0.05, 0.1) is 17.5 Å². The van der Waals surface area contributed by atoms with Crippen molar-refractivity contribution in [2.45, 2.75) is 16.6 Å². The van der Waals surface area contributed by atoms with Crippen molar-refractivity contribution < 1.29 is 23.9 Å². The molecule has 1 fully saturated rings. The topological polar surface area (TPSA) is 105 Å². The first-order chi connectivity index (χ1) is 19.9. The Morgan fingerprint density at radius 3 is 2.27 bits per heavy atom. The van der Waals surface area contributed by atoms with E-state index in [0.717, 1.165) is 4.90 Å². The van der Waals surface area contributed by atoms with E-state index in [4.69, 9.17) is 16.3 Å². The Kier molecular flexibility index (Phi) is 8.67. The van der Waals surface area contributed by atoms with Crippen molar-refractivity contribution in [2.75, 3.05) is 16.8 Å². The first-order valence-corrected chi connectivity index (χ1v) is 13.9. The number of carbonyl (C=O) groups is 4. The standard InChI is InChI=1S/C31H24ClN3O5S/c32-21-9-13-24(14-10-21)40-25-15-11-23(12-16-25)35-29(37)18-27(31(35)39)41-26-8-4-7-22(17-26)34-28(36)19-33-30(38)20-5-2-1-3-6-20/h1-17,27H,18-19H2,(H,33,38)(H,34,36). The summed E-state index contributed by atoms with van der Waals surface area (Å²) in [5, 5.41) is 5.33. The summed E-state index contributed by atoms with van der Waals surface area (Å²) < 4.78 is 5.79. The molecule has 5 rings (SSSR count). The normalized spacial score (nSPS) is 14.6. The van der Waals surface area contributed by atoms with Crippen LogP contribution in [0.2, 0.25) is 5.02 Å². The lowest BCUT2D eigenvalue weighted by molar-refractivity contribution is -0.121. The molecule has 4 amide bonds. The van der Waals surface area contributed by atoms with Crippen molar-refractivity contribution in [3.63, 3.8) is 0 Å². The molecule has 206 valence electrons. The number of thioether (sulfide) groups is 1. The van der Waals surface area contributed by atoms with Crippen LogP contribution in [0.4, 0.5) is 11.4 Å². The molecule has 0 aromatic heterocycles. The fraction of sp³-hybridized carbons (Fsp3) is 0.0968. The van der Waals surface area contributed by atoms with Gasteiger partial charge >= 0.3 is 0 Å². The van der Waals surface area contributed by atoms with Crippen LogP contribution < -0.4 is 20.3 Å². The van der Waals surface area contributed by atoms with Gasteiger partial charge in [-0.15, -0.1) is 11.8 Å². The molecule has 2 N–H and O–H groups in total. The zero-order chi connectivity index (χ0) is 28.8. The van der Waals surface area contributed by atoms with E-state index >= 15 is 0 Å². The number of nitrogens with one attached hydrogen (secondary N) is 2. The molecule has 0 aliphatic carbocycles. The van der Waals surface area contributed by atoms with E-state index in [1.807, 2.05) is 0 Å². The molecule has 1 unspecified atom stereocenters. The molecule has 1 atom stereocenters. The molecular weight excluding hydrogens is 562 g/mol. The Bertz CT molecular complexity index is 1580. The quantitative estimate of drug-likeness (QED) is 0.236. The Labute approximate surface area is 245 Å². The summed E-state index contributed by atoms with van der Waals surface area (Å²) in [6.45, 7) is -0.195. The van der Waals surface area contributed by atoms with Crippen LogP contribution in [0.25, 0.3) is 0 Å². The van der Waals surface area contributed by atoms with Crippen LogP contribution in [-0.4, -0.2) is 35.4 Å². The van der Waals surface area contributed by atoms with E-state index in [2.05, 4.69) is 10.6 Å². The highest BCUT2D eigenvalue weighted by molar-refractivity contribution is 8.00. The second-order valence-corrected chi connectivity index (χ2v) is 10.8. The van der Waals surface area contributed by atoms with E-state index < -0.39 is 11.2 Å². The van der Waals surface area contributed by atoms with E-state index in [1.165, 1.54) is 16.7 Å². The minimum atomic E-state index is -0.608. The van der Waals surface area contributed by atoms with Gasteiger partial charge in [-0.25, -0.2) is 4.90 Å². The molecule has 4 aromatic carbocycles. The molecule has 1 heterocycles. The number of hydrogen-bond acceptors (Lipinski definition) is 6. The highest BCUT2D eigenvalue weighted by Gasteiger charge is 2.40. The number of hydrogen-bond donors (Lipinski definition) is 2. The fourth-order valence-corrected chi connectivity index (χ4v) is 5.38. The second-order valence-electron chi connectivity index (χ2n) is 9.05. The number of anilines is 2. The minimum Gasteiger partial charge on any atom is -0.457 e. The number of benzene rings is 4. The molecule has 0 radical (unpaired) electrons. The summed E-state index contributed by atoms with van der Waals surface area (Å²) in [6, 6.07) is 29.3. The van der Waals surface area contributed by atoms with Gasteiger partial charge in [0.2, 0.25) is 17.7 Å². The smallest absolute Gasteiger partial charge is 0.251 e. The number of carbonyl (C=O) groups excluding carboxylic acids is 4. The van der Waals surface area contributed by atoms with Gasteiger partial charge in [0.1, 0.15) is 11.5 Å². The lowest BCUT2D eigenvalue weighted by Crippen LogP contribution is -2.32. The molecule has 0 saturated carbocycles. The molecule has 8 nitrogen and oxygen atoms in total. The van der Waals surface area contributed by atoms with Crippen molar-refractivity contribution >= 4 is 58.4 Å². The van der Waals surface area contributed by atoms with Crippen LogP contribution in [0, 0.1) is 0 Å². The number of ether oxygens (including phenoxy) is 1. The van der Waals surface area contributed by atoms with Crippen molar-refractivity contribution in [3.8, 4) is 11.5 Å². The summed E-state index contributed by atoms with van der Waals surface area (Å²) in [4.78, 5) is 52.4. The Morgan fingerprint density at radius 2 is 1.56 bits per heavy atom. The van der Waals surface area contributed by atoms with Gasteiger partial charge in [-0.3, -0.25) is 19.2 Å². The highest BCUT2D eigenvalue weighted by atomic mass is 35.5. The number of rotatable bonds is 9. The van der Waals surface area contributed by atoms with Crippen molar-refractivity contribution in [1.82, 2.24) is 5.32 Å². The van der Waals surface area contributed by atoms with Gasteiger partial charge in [0.15, 0.2) is 0 Å². The van der Waals surface area contributed by atoms with Crippen LogP contribution in [0.3, 0.4) is 0 Å². The summed E-state index contributed by atoms with van der Waals surface area (Å²) in [7, 11) is 0. The largest absolute Gasteiger partial charge is 0.457 e. The number of imide groups is 1. The summed E-state index contributed by atoms with van der Waals surface area (Å²) in [6.07, 6.45) is 0.0502. The molecule has 1 aliphatic heterocycles. The number of halogens is 1. The zero-order valence-electron chi connectivity index (χ0n) is 21.6. The van der Waals surface area contributed by atoms with Gasteiger partial charge < -0.3 is 15.4 Å². The molecule has 0 bridgehead atoms. The molecule has 10 heteroatoms. The third-order valence-electron chi connectivity index (χ3n) is 6.09.